The van der Waals surface area contributed by atoms with Gasteiger partial charge in [-0.2, -0.15) is 78.9 Å². The fraction of sp³-hybridized carbons (Fsp3) is 1.00. The number of halogens is 17. The number of rotatable bonds is 25. The third-order valence-electron chi connectivity index (χ3n) is 6.03. The minimum Gasteiger partial charge on any atom is -0.748 e. The number of hydrogen-bond acceptors (Lipinski definition) is 9. The summed E-state index contributed by atoms with van der Waals surface area (Å²) in [5, 5.41) is -7.64. The van der Waals surface area contributed by atoms with E-state index in [1.165, 1.54) is 0 Å². The van der Waals surface area contributed by atoms with E-state index in [0.29, 0.717) is 0 Å². The minimum absolute atomic E-state index is 0. The molecule has 0 radical (unpaired) electrons. The van der Waals surface area contributed by atoms with E-state index in [0.717, 1.165) is 0 Å². The van der Waals surface area contributed by atoms with Gasteiger partial charge in [0, 0.05) is 26.0 Å². The van der Waals surface area contributed by atoms with Crippen molar-refractivity contribution in [1.82, 2.24) is 4.31 Å². The summed E-state index contributed by atoms with van der Waals surface area (Å²) in [4.78, 5) is 0. The van der Waals surface area contributed by atoms with Gasteiger partial charge >= 0.3 is 76.5 Å². The number of hydrogen-bond donors (Lipinski definition) is 0. The van der Waals surface area contributed by atoms with Crippen LogP contribution in [0.25, 0.3) is 0 Å². The van der Waals surface area contributed by atoms with Gasteiger partial charge in [0.15, 0.2) is 0 Å². The van der Waals surface area contributed by atoms with Gasteiger partial charge in [0.2, 0.25) is 0 Å². The van der Waals surface area contributed by atoms with Gasteiger partial charge in [0.1, 0.15) is 0 Å². The minimum atomic E-state index is -8.91. The smallest absolute Gasteiger partial charge is 0.748 e. The fourth-order valence-corrected chi connectivity index (χ4v) is 4.78. The van der Waals surface area contributed by atoms with E-state index < -0.39 is 96.9 Å². The quantitative estimate of drug-likeness (QED) is 0.0583. The van der Waals surface area contributed by atoms with Crippen LogP contribution >= 0.6 is 0 Å². The molecule has 0 aromatic heterocycles. The van der Waals surface area contributed by atoms with Crippen LogP contribution in [0, 0.1) is 0 Å². The first-order chi connectivity index (χ1) is 22.1. The van der Waals surface area contributed by atoms with Crippen molar-refractivity contribution in [3.05, 3.63) is 0 Å². The van der Waals surface area contributed by atoms with Crippen molar-refractivity contribution in [3.8, 4) is 0 Å². The van der Waals surface area contributed by atoms with E-state index in [9.17, 15) is 96.0 Å². The molecule has 0 N–H and O–H groups in total. The van der Waals surface area contributed by atoms with E-state index in [2.05, 4.69) is 4.74 Å². The second kappa shape index (κ2) is 18.9. The average Bonchev–Trinajstić information content (AvgIpc) is 2.94. The zero-order valence-electron chi connectivity index (χ0n) is 25.8. The maximum Gasteiger partial charge on any atom is 1.00 e. The van der Waals surface area contributed by atoms with Crippen LogP contribution in [0.2, 0.25) is 0 Å². The molecule has 0 fully saturated rings. The molecule has 0 heterocycles. The number of nitrogens with zero attached hydrogens (tertiary/aromatic N) is 1. The molecule has 10 nitrogen and oxygen atoms in total. The Balaban J connectivity index is 0. The molecule has 0 atom stereocenters. The van der Waals surface area contributed by atoms with Gasteiger partial charge in [0.05, 0.1) is 56.4 Å². The Bertz CT molecular complexity index is 1290. The molecular weight excluding hydrogens is 820 g/mol. The first-order valence-corrected chi connectivity index (χ1v) is 16.1. The maximum atomic E-state index is 14.2. The summed E-state index contributed by atoms with van der Waals surface area (Å²) in [6.07, 6.45) is -7.55. The zero-order chi connectivity index (χ0) is 39.9. The number of likely N-dealkylation sites (N-methyl/N-ethyl adjacent to an activating group) is 1. The van der Waals surface area contributed by atoms with Crippen LogP contribution in [0.3, 0.4) is 0 Å². The Labute approximate surface area is 300 Å². The molecule has 0 spiro atoms. The van der Waals surface area contributed by atoms with Crippen LogP contribution in [0.5, 0.6) is 0 Å². The molecule has 0 aliphatic heterocycles. The predicted molar refractivity (Wildman–Crippen MR) is 129 cm³/mol. The Kier molecular flexibility index (Phi) is 19.5. The molecule has 51 heavy (non-hydrogen) atoms. The van der Waals surface area contributed by atoms with Crippen LogP contribution in [0.15, 0.2) is 0 Å². The molecule has 0 amide bonds. The van der Waals surface area contributed by atoms with Gasteiger partial charge in [0.25, 0.3) is 10.0 Å². The monoisotopic (exact) mass is 847 g/mol. The van der Waals surface area contributed by atoms with Crippen LogP contribution < -0.4 is 29.6 Å². The third kappa shape index (κ3) is 11.7. The Morgan fingerprint density at radius 3 is 1.16 bits per heavy atom. The molecule has 0 rings (SSSR count). The van der Waals surface area contributed by atoms with Gasteiger partial charge in [-0.05, 0) is 12.8 Å². The summed E-state index contributed by atoms with van der Waals surface area (Å²) in [7, 11) is -11.8. The summed E-state index contributed by atoms with van der Waals surface area (Å²) in [6.45, 7) is -3.38. The van der Waals surface area contributed by atoms with Crippen LogP contribution in [-0.2, 0) is 39.1 Å². The summed E-state index contributed by atoms with van der Waals surface area (Å²) >= 11 is 0. The zero-order valence-corrected chi connectivity index (χ0v) is 29.5. The van der Waals surface area contributed by atoms with Crippen molar-refractivity contribution in [1.29, 1.82) is 0 Å². The average molecular weight is 848 g/mol. The molecule has 0 saturated carbocycles. The van der Waals surface area contributed by atoms with Crippen LogP contribution in [0.1, 0.15) is 12.8 Å². The SMILES string of the molecule is CN(CCOCCOCCOCCOCCCCS(=O)(=O)[O-])S(=O)(=O)C(F)(F)C(F)(F)C(F)(F)C(F)(F)C(F)(F)C(F)(F)C(F)(F)C(F)(F)F.[Na+]. The fourth-order valence-electron chi connectivity index (χ4n) is 3.07. The third-order valence-corrected chi connectivity index (χ3v) is 8.72. The van der Waals surface area contributed by atoms with E-state index in [-0.39, 0.29) is 89.1 Å². The van der Waals surface area contributed by atoms with Crippen molar-refractivity contribution in [2.45, 2.75) is 59.8 Å². The Hall–Kier alpha value is -0.530. The van der Waals surface area contributed by atoms with E-state index in [4.69, 9.17) is 14.2 Å². The van der Waals surface area contributed by atoms with E-state index in [1.54, 1.807) is 0 Å². The second-order valence-corrected chi connectivity index (χ2v) is 13.3. The van der Waals surface area contributed by atoms with Crippen molar-refractivity contribution in [3.63, 3.8) is 0 Å². The normalized spacial score (nSPS) is 15.0. The summed E-state index contributed by atoms with van der Waals surface area (Å²) in [5.74, 6) is -52.6. The first kappa shape index (κ1) is 52.6. The van der Waals surface area contributed by atoms with Gasteiger partial charge in [-0.25, -0.2) is 16.8 Å². The van der Waals surface area contributed by atoms with Gasteiger partial charge in [-0.15, -0.1) is 0 Å². The molecule has 0 aromatic rings. The summed E-state index contributed by atoms with van der Waals surface area (Å²) in [6, 6.07) is 0. The molecule has 30 heteroatoms. The predicted octanol–water partition coefficient (Wildman–Crippen LogP) is 1.61. The topological polar surface area (TPSA) is 132 Å². The molecule has 0 bridgehead atoms. The second-order valence-electron chi connectivity index (χ2n) is 9.71. The molecule has 0 aromatic carbocycles. The number of alkyl halides is 17. The molecule has 0 saturated heterocycles. The van der Waals surface area contributed by atoms with Gasteiger partial charge in [-0.3, -0.25) is 0 Å². The largest absolute Gasteiger partial charge is 1.00 e. The maximum absolute atomic E-state index is 14.2. The number of ether oxygens (including phenoxy) is 4. The van der Waals surface area contributed by atoms with Crippen molar-refractivity contribution in [2.75, 3.05) is 72.2 Å². The molecular formula is C21H27F17NNaO9S2. The van der Waals surface area contributed by atoms with Gasteiger partial charge < -0.3 is 23.5 Å². The van der Waals surface area contributed by atoms with Crippen molar-refractivity contribution >= 4 is 20.1 Å². The number of unbranched alkanes of at least 4 members (excludes halogenated alkanes) is 1. The Morgan fingerprint density at radius 2 is 0.804 bits per heavy atom. The Morgan fingerprint density at radius 1 is 0.490 bits per heavy atom. The van der Waals surface area contributed by atoms with Gasteiger partial charge in [-0.1, -0.05) is 0 Å². The molecule has 0 unspecified atom stereocenters. The van der Waals surface area contributed by atoms with Crippen LogP contribution in [-0.4, -0.2) is 145 Å². The number of sulfonamides is 1. The molecule has 0 aliphatic carbocycles. The standard InChI is InChI=1S/C21H28F17NO9S2.Na/c1-39(4-6-46-8-10-48-12-11-47-9-7-45-5-2-3-13-49(40,41)42)50(43,44)21(37,38)19(32,33)17(28,29)15(24,25)14(22,23)16(26,27)18(30,31)20(34,35)36;/h2-13H2,1H3,(H,40,41,42);/q;+1/p-1. The van der Waals surface area contributed by atoms with Crippen molar-refractivity contribution < 1.29 is 145 Å². The molecule has 302 valence electrons. The van der Waals surface area contributed by atoms with Crippen LogP contribution in [0.4, 0.5) is 74.6 Å². The summed E-state index contributed by atoms with van der Waals surface area (Å²) < 4.78 is 302. The van der Waals surface area contributed by atoms with E-state index >= 15 is 0 Å². The summed E-state index contributed by atoms with van der Waals surface area (Å²) in [5.41, 5.74) is 0. The first-order valence-electron chi connectivity index (χ1n) is 13.0. The molecule has 0 aliphatic rings. The van der Waals surface area contributed by atoms with Crippen molar-refractivity contribution in [2.24, 2.45) is 0 Å². The van der Waals surface area contributed by atoms with E-state index in [1.807, 2.05) is 0 Å².